The predicted octanol–water partition coefficient (Wildman–Crippen LogP) is 6.49. The summed E-state index contributed by atoms with van der Waals surface area (Å²) >= 11 is 0. The monoisotopic (exact) mass is 424 g/mol. The van der Waals surface area contributed by atoms with Crippen molar-refractivity contribution in [2.45, 2.75) is 39.3 Å². The van der Waals surface area contributed by atoms with Gasteiger partial charge < -0.3 is 15.4 Å². The van der Waals surface area contributed by atoms with Crippen LogP contribution in [0.5, 0.6) is 5.75 Å². The van der Waals surface area contributed by atoms with Gasteiger partial charge >= 0.3 is 0 Å². The van der Waals surface area contributed by atoms with Gasteiger partial charge in [0.05, 0.1) is 17.4 Å². The molecule has 32 heavy (non-hydrogen) atoms. The quantitative estimate of drug-likeness (QED) is 0.503. The zero-order valence-corrected chi connectivity index (χ0v) is 18.5. The first-order valence-electron chi connectivity index (χ1n) is 11.1. The molecule has 1 atom stereocenters. The lowest BCUT2D eigenvalue weighted by Crippen LogP contribution is -2.31. The van der Waals surface area contributed by atoms with E-state index in [4.69, 9.17) is 4.74 Å². The first-order valence-corrected chi connectivity index (χ1v) is 11.1. The number of ether oxygens (including phenoxy) is 1. The zero-order valence-electron chi connectivity index (χ0n) is 18.5. The van der Waals surface area contributed by atoms with Crippen molar-refractivity contribution in [2.24, 2.45) is 5.41 Å². The van der Waals surface area contributed by atoms with Gasteiger partial charge in [-0.15, -0.1) is 0 Å². The third-order valence-electron chi connectivity index (χ3n) is 6.18. The van der Waals surface area contributed by atoms with Crippen LogP contribution in [0.15, 0.2) is 90.1 Å². The van der Waals surface area contributed by atoms with Crippen molar-refractivity contribution in [1.82, 2.24) is 0 Å². The van der Waals surface area contributed by atoms with E-state index in [1.807, 2.05) is 42.5 Å². The largest absolute Gasteiger partial charge is 0.489 e. The molecule has 0 radical (unpaired) electrons. The van der Waals surface area contributed by atoms with Crippen LogP contribution in [0.3, 0.4) is 0 Å². The molecule has 0 fully saturated rings. The lowest BCUT2D eigenvalue weighted by atomic mass is 9.73. The number of hydrogen-bond donors (Lipinski definition) is 2. The van der Waals surface area contributed by atoms with Gasteiger partial charge in [-0.05, 0) is 47.2 Å². The van der Waals surface area contributed by atoms with Crippen molar-refractivity contribution in [3.63, 3.8) is 0 Å². The van der Waals surface area contributed by atoms with Crippen LogP contribution in [0, 0.1) is 5.41 Å². The molecule has 1 heterocycles. The van der Waals surface area contributed by atoms with E-state index in [-0.39, 0.29) is 17.2 Å². The van der Waals surface area contributed by atoms with Crippen molar-refractivity contribution < 1.29 is 9.53 Å². The van der Waals surface area contributed by atoms with Crippen molar-refractivity contribution in [2.75, 3.05) is 10.6 Å². The minimum Gasteiger partial charge on any atom is -0.489 e. The molecule has 1 aliphatic heterocycles. The Balaban J connectivity index is 1.46. The average Bonchev–Trinajstić information content (AvgIpc) is 2.94. The highest BCUT2D eigenvalue weighted by Crippen LogP contribution is 2.45. The molecule has 2 N–H and O–H groups in total. The normalized spacial score (nSPS) is 19.2. The standard InChI is InChI=1S/C28H28N2O2/c1-28(2)16-24-26(25(31)17-28)27(30-23-11-7-6-10-22(23)29-24)20-12-14-21(15-13-20)32-18-19-8-4-3-5-9-19/h3-15,27,29-30H,16-18H2,1-2H3/t27-/m0/s1. The van der Waals surface area contributed by atoms with Crippen LogP contribution in [-0.2, 0) is 11.4 Å². The van der Waals surface area contributed by atoms with Crippen LogP contribution in [-0.4, -0.2) is 5.78 Å². The molecule has 0 saturated heterocycles. The minimum atomic E-state index is -0.201. The molecule has 3 aromatic carbocycles. The fourth-order valence-electron chi connectivity index (χ4n) is 4.64. The Labute approximate surface area is 189 Å². The summed E-state index contributed by atoms with van der Waals surface area (Å²) in [5.74, 6) is 1.02. The Morgan fingerprint density at radius 3 is 2.31 bits per heavy atom. The Morgan fingerprint density at radius 2 is 1.56 bits per heavy atom. The van der Waals surface area contributed by atoms with E-state index in [0.717, 1.165) is 45.9 Å². The molecule has 0 amide bonds. The Hall–Kier alpha value is -3.53. The predicted molar refractivity (Wildman–Crippen MR) is 129 cm³/mol. The van der Waals surface area contributed by atoms with Crippen LogP contribution in [0.4, 0.5) is 11.4 Å². The van der Waals surface area contributed by atoms with Gasteiger partial charge in [0.1, 0.15) is 12.4 Å². The van der Waals surface area contributed by atoms with Crippen molar-refractivity contribution >= 4 is 17.2 Å². The van der Waals surface area contributed by atoms with Crippen LogP contribution >= 0.6 is 0 Å². The highest BCUT2D eigenvalue weighted by Gasteiger charge is 2.38. The summed E-state index contributed by atoms with van der Waals surface area (Å²) in [4.78, 5) is 13.3. The third kappa shape index (κ3) is 4.13. The van der Waals surface area contributed by atoms with E-state index < -0.39 is 0 Å². The molecular weight excluding hydrogens is 396 g/mol. The molecule has 3 aromatic rings. The minimum absolute atomic E-state index is 0.0537. The van der Waals surface area contributed by atoms with Gasteiger partial charge in [0, 0.05) is 17.7 Å². The molecule has 0 spiro atoms. The Morgan fingerprint density at radius 1 is 0.875 bits per heavy atom. The molecule has 0 aromatic heterocycles. The van der Waals surface area contributed by atoms with E-state index in [1.165, 1.54) is 0 Å². The molecule has 0 unspecified atom stereocenters. The van der Waals surface area contributed by atoms with Crippen LogP contribution in [0.1, 0.15) is 43.9 Å². The highest BCUT2D eigenvalue weighted by molar-refractivity contribution is 6.01. The molecule has 162 valence electrons. The number of Topliss-reactive ketones (excluding diaryl/α,β-unsaturated/α-hetero) is 1. The smallest absolute Gasteiger partial charge is 0.163 e. The number of anilines is 2. The van der Waals surface area contributed by atoms with Gasteiger partial charge in [0.25, 0.3) is 0 Å². The van der Waals surface area contributed by atoms with Gasteiger partial charge in [0.2, 0.25) is 0 Å². The number of carbonyl (C=O) groups excluding carboxylic acids is 1. The molecule has 5 rings (SSSR count). The molecule has 2 aliphatic rings. The maximum absolute atomic E-state index is 13.3. The van der Waals surface area contributed by atoms with E-state index in [9.17, 15) is 4.79 Å². The maximum atomic E-state index is 13.3. The summed E-state index contributed by atoms with van der Waals surface area (Å²) in [6.07, 6.45) is 1.40. The van der Waals surface area contributed by atoms with E-state index in [0.29, 0.717) is 13.0 Å². The number of para-hydroxylation sites is 2. The van der Waals surface area contributed by atoms with Crippen molar-refractivity contribution in [1.29, 1.82) is 0 Å². The van der Waals surface area contributed by atoms with E-state index >= 15 is 0 Å². The second-order valence-electron chi connectivity index (χ2n) is 9.42. The molecular formula is C28H28N2O2. The molecule has 1 aliphatic carbocycles. The number of nitrogens with one attached hydrogen (secondary N) is 2. The van der Waals surface area contributed by atoms with Gasteiger partial charge in [-0.3, -0.25) is 4.79 Å². The number of ketones is 1. The van der Waals surface area contributed by atoms with E-state index in [1.54, 1.807) is 0 Å². The van der Waals surface area contributed by atoms with Crippen molar-refractivity contribution in [3.05, 3.63) is 101 Å². The topological polar surface area (TPSA) is 50.4 Å². The van der Waals surface area contributed by atoms with Gasteiger partial charge in [-0.25, -0.2) is 0 Å². The summed E-state index contributed by atoms with van der Waals surface area (Å²) in [5, 5.41) is 7.20. The summed E-state index contributed by atoms with van der Waals surface area (Å²) in [7, 11) is 0. The summed E-state index contributed by atoms with van der Waals surface area (Å²) < 4.78 is 5.96. The number of fused-ring (bicyclic) bond motifs is 1. The first kappa shape index (κ1) is 20.4. The lowest BCUT2D eigenvalue weighted by Gasteiger charge is -2.34. The lowest BCUT2D eigenvalue weighted by molar-refractivity contribution is -0.118. The number of benzene rings is 3. The second kappa shape index (κ2) is 8.19. The fraction of sp³-hybridized carbons (Fsp3) is 0.250. The van der Waals surface area contributed by atoms with Gasteiger partial charge in [-0.1, -0.05) is 68.4 Å². The maximum Gasteiger partial charge on any atom is 0.163 e. The SMILES string of the molecule is CC1(C)CC(=O)C2=C(C1)Nc1ccccc1N[C@H]2c1ccc(OCc2ccccc2)cc1. The highest BCUT2D eigenvalue weighted by atomic mass is 16.5. The number of rotatable bonds is 4. The summed E-state index contributed by atoms with van der Waals surface area (Å²) in [6.45, 7) is 4.85. The van der Waals surface area contributed by atoms with Gasteiger partial charge in [0.15, 0.2) is 5.78 Å². The molecule has 0 saturated carbocycles. The number of hydrogen-bond acceptors (Lipinski definition) is 4. The summed E-state index contributed by atoms with van der Waals surface area (Å²) in [5.41, 5.74) is 6.02. The van der Waals surface area contributed by atoms with Crippen LogP contribution in [0.2, 0.25) is 0 Å². The Kier molecular flexibility index (Phi) is 5.22. The van der Waals surface area contributed by atoms with E-state index in [2.05, 4.69) is 60.9 Å². The number of carbonyl (C=O) groups is 1. The van der Waals surface area contributed by atoms with Crippen molar-refractivity contribution in [3.8, 4) is 5.75 Å². The first-order chi connectivity index (χ1) is 15.5. The van der Waals surface area contributed by atoms with Crippen LogP contribution < -0.4 is 15.4 Å². The van der Waals surface area contributed by atoms with Crippen LogP contribution in [0.25, 0.3) is 0 Å². The third-order valence-corrected chi connectivity index (χ3v) is 6.18. The zero-order chi connectivity index (χ0) is 22.1. The second-order valence-corrected chi connectivity index (χ2v) is 9.42. The fourth-order valence-corrected chi connectivity index (χ4v) is 4.64. The number of allylic oxidation sites excluding steroid dienone is 1. The molecule has 4 heteroatoms. The summed E-state index contributed by atoms with van der Waals surface area (Å²) in [6, 6.07) is 26.2. The average molecular weight is 425 g/mol. The molecule has 0 bridgehead atoms. The molecule has 4 nitrogen and oxygen atoms in total. The Bertz CT molecular complexity index is 1160. The van der Waals surface area contributed by atoms with Gasteiger partial charge in [-0.2, -0.15) is 0 Å².